The van der Waals surface area contributed by atoms with Crippen LogP contribution in [0.4, 0.5) is 5.69 Å². The van der Waals surface area contributed by atoms with Crippen LogP contribution in [0.25, 0.3) is 0 Å². The van der Waals surface area contributed by atoms with Crippen molar-refractivity contribution >= 4 is 60.7 Å². The Morgan fingerprint density at radius 2 is 2.15 bits per heavy atom. The zero-order chi connectivity index (χ0) is 14.5. The largest absolute Gasteiger partial charge is 0.342 e. The van der Waals surface area contributed by atoms with Crippen LogP contribution in [0.15, 0.2) is 38.9 Å². The lowest BCUT2D eigenvalue weighted by Crippen LogP contribution is -2.32. The molecule has 5 nitrogen and oxygen atoms in total. The molecule has 0 fully saturated rings. The van der Waals surface area contributed by atoms with E-state index in [0.717, 1.165) is 8.26 Å². The minimum atomic E-state index is -0.305. The molecule has 2 rings (SSSR count). The number of rotatable bonds is 4. The first-order valence-corrected chi connectivity index (χ1v) is 7.89. The molecular formula is C12H9Br2N3O2S. The van der Waals surface area contributed by atoms with Crippen molar-refractivity contribution in [2.45, 2.75) is 0 Å². The quantitative estimate of drug-likeness (QED) is 0.801. The third-order valence-electron chi connectivity index (χ3n) is 2.22. The molecular weight excluding hydrogens is 410 g/mol. The minimum Gasteiger partial charge on any atom is -0.342 e. The van der Waals surface area contributed by atoms with Gasteiger partial charge in [0.25, 0.3) is 5.91 Å². The Morgan fingerprint density at radius 1 is 1.35 bits per heavy atom. The van der Waals surface area contributed by atoms with Crippen molar-refractivity contribution in [1.82, 2.24) is 10.3 Å². The molecule has 0 bridgehead atoms. The first kappa shape index (κ1) is 15.1. The number of pyridine rings is 1. The van der Waals surface area contributed by atoms with Crippen molar-refractivity contribution in [2.75, 3.05) is 11.9 Å². The second kappa shape index (κ2) is 6.96. The maximum Gasteiger partial charge on any atom is 0.261 e. The molecule has 2 heterocycles. The summed E-state index contributed by atoms with van der Waals surface area (Å²) in [4.78, 5) is 27.9. The lowest BCUT2D eigenvalue weighted by atomic mass is 10.4. The highest BCUT2D eigenvalue weighted by molar-refractivity contribution is 9.13. The number of nitrogens with zero attached hydrogens (tertiary/aromatic N) is 1. The van der Waals surface area contributed by atoms with Gasteiger partial charge in [-0.1, -0.05) is 0 Å². The summed E-state index contributed by atoms with van der Waals surface area (Å²) in [5.41, 5.74) is 0.591. The fourth-order valence-corrected chi connectivity index (χ4v) is 3.30. The van der Waals surface area contributed by atoms with Gasteiger partial charge in [0.2, 0.25) is 5.91 Å². The molecule has 0 unspecified atom stereocenters. The molecule has 20 heavy (non-hydrogen) atoms. The van der Waals surface area contributed by atoms with Gasteiger partial charge in [-0.25, -0.2) is 0 Å². The fourth-order valence-electron chi connectivity index (χ4n) is 1.35. The smallest absolute Gasteiger partial charge is 0.261 e. The van der Waals surface area contributed by atoms with E-state index in [1.54, 1.807) is 24.4 Å². The highest BCUT2D eigenvalue weighted by Crippen LogP contribution is 2.32. The van der Waals surface area contributed by atoms with Gasteiger partial charge in [0.15, 0.2) is 0 Å². The fraction of sp³-hybridized carbons (Fsp3) is 0.0833. The Labute approximate surface area is 136 Å². The Kier molecular flexibility index (Phi) is 5.27. The molecule has 0 aliphatic rings. The lowest BCUT2D eigenvalue weighted by Gasteiger charge is -2.05. The zero-order valence-electron chi connectivity index (χ0n) is 10.0. The zero-order valence-corrected chi connectivity index (χ0v) is 14.0. The molecule has 0 atom stereocenters. The van der Waals surface area contributed by atoms with Crippen molar-refractivity contribution in [2.24, 2.45) is 0 Å². The number of carbonyl (C=O) groups excluding carboxylic acids is 2. The third-order valence-corrected chi connectivity index (χ3v) is 5.48. The molecule has 2 N–H and O–H groups in total. The van der Waals surface area contributed by atoms with Gasteiger partial charge in [0.05, 0.1) is 27.1 Å². The highest BCUT2D eigenvalue weighted by atomic mass is 79.9. The van der Waals surface area contributed by atoms with Crippen molar-refractivity contribution in [3.8, 4) is 0 Å². The summed E-state index contributed by atoms with van der Waals surface area (Å²) in [7, 11) is 0. The Balaban J connectivity index is 1.86. The van der Waals surface area contributed by atoms with E-state index in [4.69, 9.17) is 0 Å². The van der Waals surface area contributed by atoms with Crippen molar-refractivity contribution in [3.63, 3.8) is 0 Å². The van der Waals surface area contributed by atoms with Crippen molar-refractivity contribution in [1.29, 1.82) is 0 Å². The van der Waals surface area contributed by atoms with Crippen LogP contribution in [-0.2, 0) is 4.79 Å². The molecule has 0 radical (unpaired) electrons. The van der Waals surface area contributed by atoms with Gasteiger partial charge in [-0.3, -0.25) is 14.6 Å². The predicted octanol–water partition coefficient (Wildman–Crippen LogP) is 3.04. The third kappa shape index (κ3) is 4.12. The van der Waals surface area contributed by atoms with Gasteiger partial charge >= 0.3 is 0 Å². The highest BCUT2D eigenvalue weighted by Gasteiger charge is 2.13. The predicted molar refractivity (Wildman–Crippen MR) is 84.9 cm³/mol. The van der Waals surface area contributed by atoms with E-state index < -0.39 is 0 Å². The second-order valence-corrected chi connectivity index (χ2v) is 6.93. The SMILES string of the molecule is O=C(CNC(=O)c1cc(Br)c(Br)s1)Nc1cccnc1. The number of aromatic nitrogens is 1. The Hall–Kier alpha value is -1.25. The van der Waals surface area contributed by atoms with Gasteiger partial charge in [-0.2, -0.15) is 0 Å². The Morgan fingerprint density at radius 3 is 2.75 bits per heavy atom. The van der Waals surface area contributed by atoms with E-state index in [-0.39, 0.29) is 18.4 Å². The molecule has 104 valence electrons. The molecule has 2 amide bonds. The van der Waals surface area contributed by atoms with Crippen LogP contribution in [0.3, 0.4) is 0 Å². The summed E-state index contributed by atoms with van der Waals surface area (Å²) in [6, 6.07) is 5.14. The summed E-state index contributed by atoms with van der Waals surface area (Å²) >= 11 is 7.91. The van der Waals surface area contributed by atoms with Crippen LogP contribution in [0.5, 0.6) is 0 Å². The maximum atomic E-state index is 11.8. The molecule has 2 aromatic rings. The maximum absolute atomic E-state index is 11.8. The molecule has 0 aliphatic heterocycles. The number of amides is 2. The van der Waals surface area contributed by atoms with Crippen LogP contribution in [0.1, 0.15) is 9.67 Å². The van der Waals surface area contributed by atoms with E-state index in [1.807, 2.05) is 0 Å². The van der Waals surface area contributed by atoms with Crippen LogP contribution in [0.2, 0.25) is 0 Å². The van der Waals surface area contributed by atoms with Gasteiger partial charge in [-0.05, 0) is 50.1 Å². The molecule has 0 aliphatic carbocycles. The topological polar surface area (TPSA) is 71.1 Å². The minimum absolute atomic E-state index is 0.0964. The van der Waals surface area contributed by atoms with E-state index in [0.29, 0.717) is 10.6 Å². The number of thiophene rings is 1. The summed E-state index contributed by atoms with van der Waals surface area (Å²) < 4.78 is 1.65. The van der Waals surface area contributed by atoms with Crippen LogP contribution in [-0.4, -0.2) is 23.3 Å². The second-order valence-electron chi connectivity index (χ2n) is 3.70. The van der Waals surface area contributed by atoms with Crippen LogP contribution in [0, 0.1) is 0 Å². The molecule has 0 saturated heterocycles. The molecule has 8 heteroatoms. The van der Waals surface area contributed by atoms with Gasteiger partial charge in [0.1, 0.15) is 0 Å². The number of hydrogen-bond donors (Lipinski definition) is 2. The standard InChI is InChI=1S/C12H9Br2N3O2S/c13-8-4-9(20-11(8)14)12(19)16-6-10(18)17-7-2-1-3-15-5-7/h1-5H,6H2,(H,16,19)(H,17,18). The van der Waals surface area contributed by atoms with Crippen LogP contribution >= 0.6 is 43.2 Å². The molecule has 0 spiro atoms. The first-order valence-electron chi connectivity index (χ1n) is 5.49. The summed E-state index contributed by atoms with van der Waals surface area (Å²) in [5, 5.41) is 5.19. The summed E-state index contributed by atoms with van der Waals surface area (Å²) in [5.74, 6) is -0.594. The number of hydrogen-bond acceptors (Lipinski definition) is 4. The monoisotopic (exact) mass is 417 g/mol. The lowest BCUT2D eigenvalue weighted by molar-refractivity contribution is -0.115. The van der Waals surface area contributed by atoms with Gasteiger partial charge in [-0.15, -0.1) is 11.3 Å². The van der Waals surface area contributed by atoms with Gasteiger partial charge in [0, 0.05) is 10.7 Å². The number of carbonyl (C=O) groups is 2. The number of nitrogens with one attached hydrogen (secondary N) is 2. The van der Waals surface area contributed by atoms with E-state index in [9.17, 15) is 9.59 Å². The number of anilines is 1. The number of halogens is 2. The summed E-state index contributed by atoms with van der Waals surface area (Å²) in [6.07, 6.45) is 3.15. The first-order chi connectivity index (χ1) is 9.56. The Bertz CT molecular complexity index is 611. The van der Waals surface area contributed by atoms with Gasteiger partial charge < -0.3 is 10.6 Å². The van der Waals surface area contributed by atoms with Crippen LogP contribution < -0.4 is 10.6 Å². The molecule has 0 saturated carbocycles. The summed E-state index contributed by atoms with van der Waals surface area (Å²) in [6.45, 7) is -0.0964. The normalized spacial score (nSPS) is 10.1. The van der Waals surface area contributed by atoms with Crippen molar-refractivity contribution in [3.05, 3.63) is 43.7 Å². The molecule has 2 aromatic heterocycles. The van der Waals surface area contributed by atoms with Crippen molar-refractivity contribution < 1.29 is 9.59 Å². The average Bonchev–Trinajstić information content (AvgIpc) is 2.77. The van der Waals surface area contributed by atoms with E-state index >= 15 is 0 Å². The van der Waals surface area contributed by atoms with E-state index in [1.165, 1.54) is 17.5 Å². The van der Waals surface area contributed by atoms with E-state index in [2.05, 4.69) is 47.5 Å². The average molecular weight is 419 g/mol. The molecule has 0 aromatic carbocycles.